The van der Waals surface area contributed by atoms with E-state index in [2.05, 4.69) is 6.92 Å². The lowest BCUT2D eigenvalue weighted by Crippen LogP contribution is -2.32. The van der Waals surface area contributed by atoms with Gasteiger partial charge in [-0.1, -0.05) is 19.1 Å². The van der Waals surface area contributed by atoms with Crippen molar-refractivity contribution in [2.75, 3.05) is 18.8 Å². The van der Waals surface area contributed by atoms with Crippen LogP contribution in [0.1, 0.15) is 36.5 Å². The first kappa shape index (κ1) is 14.8. The van der Waals surface area contributed by atoms with Crippen LogP contribution in [0.2, 0.25) is 0 Å². The van der Waals surface area contributed by atoms with Gasteiger partial charge in [-0.25, -0.2) is 0 Å². The van der Waals surface area contributed by atoms with Crippen molar-refractivity contribution in [2.24, 2.45) is 5.92 Å². The molecule has 0 aromatic heterocycles. The predicted octanol–water partition coefficient (Wildman–Crippen LogP) is 2.95. The van der Waals surface area contributed by atoms with Crippen molar-refractivity contribution < 1.29 is 4.79 Å². The number of nitrogens with zero attached hydrogens (tertiary/aromatic N) is 1. The van der Waals surface area contributed by atoms with Crippen molar-refractivity contribution in [2.45, 2.75) is 26.2 Å². The molecule has 4 heteroatoms. The van der Waals surface area contributed by atoms with Crippen LogP contribution < -0.4 is 5.73 Å². The first-order valence-electron chi connectivity index (χ1n) is 6.32. The molecule has 3 nitrogen and oxygen atoms in total. The highest BCUT2D eigenvalue weighted by molar-refractivity contribution is 5.99. The summed E-state index contributed by atoms with van der Waals surface area (Å²) < 4.78 is 0. The maximum absolute atomic E-state index is 12.3. The highest BCUT2D eigenvalue weighted by Crippen LogP contribution is 2.20. The molecule has 1 aliphatic rings. The van der Waals surface area contributed by atoms with Crippen molar-refractivity contribution in [3.8, 4) is 0 Å². The molecule has 0 radical (unpaired) electrons. The Morgan fingerprint density at radius 3 is 2.72 bits per heavy atom. The molecule has 1 aromatic rings. The fraction of sp³-hybridized carbons (Fsp3) is 0.500. The Morgan fingerprint density at radius 2 is 2.00 bits per heavy atom. The molecular weight excluding hydrogens is 248 g/mol. The lowest BCUT2D eigenvalue weighted by molar-refractivity contribution is 0.0761. The molecule has 1 amide bonds. The number of amides is 1. The Labute approximate surface area is 115 Å². The van der Waals surface area contributed by atoms with Crippen LogP contribution in [0.5, 0.6) is 0 Å². The number of hydrogen-bond donors (Lipinski definition) is 1. The Bertz CT molecular complexity index is 409. The first-order chi connectivity index (χ1) is 8.18. The highest BCUT2D eigenvalue weighted by atomic mass is 35.5. The third-order valence-electron chi connectivity index (χ3n) is 3.50. The quantitative estimate of drug-likeness (QED) is 0.796. The summed E-state index contributed by atoms with van der Waals surface area (Å²) in [5.41, 5.74) is 7.07. The van der Waals surface area contributed by atoms with Gasteiger partial charge in [0.1, 0.15) is 0 Å². The largest absolute Gasteiger partial charge is 0.398 e. The van der Waals surface area contributed by atoms with Gasteiger partial charge in [0, 0.05) is 18.8 Å². The summed E-state index contributed by atoms with van der Waals surface area (Å²) in [5.74, 6) is 0.804. The van der Waals surface area contributed by atoms with Gasteiger partial charge in [0.2, 0.25) is 0 Å². The number of halogens is 1. The molecule has 0 aliphatic carbocycles. The summed E-state index contributed by atoms with van der Waals surface area (Å²) in [7, 11) is 0. The summed E-state index contributed by atoms with van der Waals surface area (Å²) in [6.45, 7) is 3.97. The maximum Gasteiger partial charge on any atom is 0.255 e. The molecule has 1 saturated heterocycles. The second-order valence-corrected chi connectivity index (χ2v) is 4.92. The minimum atomic E-state index is 0. The summed E-state index contributed by atoms with van der Waals surface area (Å²) in [6, 6.07) is 7.32. The summed E-state index contributed by atoms with van der Waals surface area (Å²) in [6.07, 6.45) is 3.41. The topological polar surface area (TPSA) is 46.3 Å². The van der Waals surface area contributed by atoms with E-state index >= 15 is 0 Å². The molecule has 1 atom stereocenters. The van der Waals surface area contributed by atoms with E-state index in [4.69, 9.17) is 5.73 Å². The first-order valence-corrected chi connectivity index (χ1v) is 6.32. The number of carbonyl (C=O) groups excluding carboxylic acids is 1. The zero-order valence-corrected chi connectivity index (χ0v) is 11.6. The van der Waals surface area contributed by atoms with Gasteiger partial charge in [0.15, 0.2) is 0 Å². The molecule has 1 unspecified atom stereocenters. The van der Waals surface area contributed by atoms with E-state index in [-0.39, 0.29) is 18.3 Å². The van der Waals surface area contributed by atoms with Gasteiger partial charge in [-0.2, -0.15) is 0 Å². The fourth-order valence-corrected chi connectivity index (χ4v) is 2.33. The van der Waals surface area contributed by atoms with E-state index in [0.29, 0.717) is 11.3 Å². The van der Waals surface area contributed by atoms with Gasteiger partial charge >= 0.3 is 0 Å². The standard InChI is InChI=1S/C14H20N2O.ClH/c1-11-5-4-9-16(10-8-11)14(17)12-6-2-3-7-13(12)15;/h2-3,6-7,11H,4-5,8-10,15H2,1H3;1H. The number of likely N-dealkylation sites (tertiary alicyclic amines) is 1. The van der Waals surface area contributed by atoms with Crippen molar-refractivity contribution in [3.05, 3.63) is 29.8 Å². The van der Waals surface area contributed by atoms with Gasteiger partial charge < -0.3 is 10.6 Å². The molecule has 0 bridgehead atoms. The normalized spacial score (nSPS) is 19.8. The molecule has 1 heterocycles. The minimum Gasteiger partial charge on any atom is -0.398 e. The van der Waals surface area contributed by atoms with Gasteiger partial charge in [-0.05, 0) is 37.3 Å². The Morgan fingerprint density at radius 1 is 1.28 bits per heavy atom. The van der Waals surface area contributed by atoms with Crippen molar-refractivity contribution in [1.82, 2.24) is 4.90 Å². The minimum absolute atomic E-state index is 0. The molecular formula is C14H21ClN2O. The van der Waals surface area contributed by atoms with Crippen LogP contribution in [0.15, 0.2) is 24.3 Å². The number of carbonyl (C=O) groups is 1. The van der Waals surface area contributed by atoms with Crippen LogP contribution in [-0.2, 0) is 0 Å². The van der Waals surface area contributed by atoms with Crippen molar-refractivity contribution in [1.29, 1.82) is 0 Å². The van der Waals surface area contributed by atoms with Crippen LogP contribution in [0.25, 0.3) is 0 Å². The molecule has 0 saturated carbocycles. The summed E-state index contributed by atoms with van der Waals surface area (Å²) in [4.78, 5) is 14.3. The average Bonchev–Trinajstić information content (AvgIpc) is 2.54. The number of nitrogens with two attached hydrogens (primary N) is 1. The number of anilines is 1. The van der Waals surface area contributed by atoms with E-state index in [0.717, 1.165) is 31.8 Å². The molecule has 1 aliphatic heterocycles. The molecule has 2 rings (SSSR count). The highest BCUT2D eigenvalue weighted by Gasteiger charge is 2.20. The van der Waals surface area contributed by atoms with Crippen LogP contribution in [0.3, 0.4) is 0 Å². The van der Waals surface area contributed by atoms with Gasteiger partial charge in [-0.15, -0.1) is 12.4 Å². The fourth-order valence-electron chi connectivity index (χ4n) is 2.33. The monoisotopic (exact) mass is 268 g/mol. The van der Waals surface area contributed by atoms with Crippen molar-refractivity contribution in [3.63, 3.8) is 0 Å². The smallest absolute Gasteiger partial charge is 0.255 e. The number of hydrogen-bond acceptors (Lipinski definition) is 2. The van der Waals surface area contributed by atoms with Gasteiger partial charge in [-0.3, -0.25) is 4.79 Å². The molecule has 1 fully saturated rings. The number of para-hydroxylation sites is 1. The van der Waals surface area contributed by atoms with Crippen molar-refractivity contribution >= 4 is 24.0 Å². The van der Waals surface area contributed by atoms with E-state index in [1.807, 2.05) is 23.1 Å². The number of rotatable bonds is 1. The zero-order valence-electron chi connectivity index (χ0n) is 10.8. The third kappa shape index (κ3) is 3.39. The summed E-state index contributed by atoms with van der Waals surface area (Å²) >= 11 is 0. The van der Waals surface area contributed by atoms with E-state index < -0.39 is 0 Å². The van der Waals surface area contributed by atoms with Gasteiger partial charge in [0.05, 0.1) is 5.56 Å². The maximum atomic E-state index is 12.3. The van der Waals surface area contributed by atoms with Crippen LogP contribution in [-0.4, -0.2) is 23.9 Å². The molecule has 0 spiro atoms. The third-order valence-corrected chi connectivity index (χ3v) is 3.50. The molecule has 1 aromatic carbocycles. The van der Waals surface area contributed by atoms with Crippen LogP contribution in [0, 0.1) is 5.92 Å². The lowest BCUT2D eigenvalue weighted by atomic mass is 10.0. The Hall–Kier alpha value is -1.22. The average molecular weight is 269 g/mol. The molecule has 18 heavy (non-hydrogen) atoms. The number of benzene rings is 1. The summed E-state index contributed by atoms with van der Waals surface area (Å²) in [5, 5.41) is 0. The van der Waals surface area contributed by atoms with Crippen LogP contribution >= 0.6 is 12.4 Å². The van der Waals surface area contributed by atoms with Gasteiger partial charge in [0.25, 0.3) is 5.91 Å². The zero-order chi connectivity index (χ0) is 12.3. The molecule has 100 valence electrons. The molecule has 2 N–H and O–H groups in total. The van der Waals surface area contributed by atoms with E-state index in [9.17, 15) is 4.79 Å². The van der Waals surface area contributed by atoms with E-state index in [1.54, 1.807) is 6.07 Å². The second-order valence-electron chi connectivity index (χ2n) is 4.92. The Kier molecular flexibility index (Phi) is 5.48. The van der Waals surface area contributed by atoms with E-state index in [1.165, 1.54) is 6.42 Å². The Balaban J connectivity index is 0.00000162. The lowest BCUT2D eigenvalue weighted by Gasteiger charge is -2.21. The number of nitrogen functional groups attached to an aromatic ring is 1. The van der Waals surface area contributed by atoms with Crippen LogP contribution in [0.4, 0.5) is 5.69 Å². The predicted molar refractivity (Wildman–Crippen MR) is 77.0 cm³/mol. The SMILES string of the molecule is CC1CCCN(C(=O)c2ccccc2N)CC1.Cl. The second kappa shape index (κ2) is 6.64.